The molecule has 0 radical (unpaired) electrons. The molecule has 3 amide bonds. The van der Waals surface area contributed by atoms with Crippen LogP contribution in [0.3, 0.4) is 0 Å². The molecule has 3 aliphatic rings. The molecule has 136 valence electrons. The Balaban J connectivity index is 1.68. The highest BCUT2D eigenvalue weighted by Gasteiger charge is 2.68. The Bertz CT molecular complexity index is 826. The number of benzene rings is 1. The Labute approximate surface area is 158 Å². The van der Waals surface area contributed by atoms with Gasteiger partial charge in [-0.3, -0.25) is 19.3 Å². The number of thioether (sulfide) groups is 1. The monoisotopic (exact) mass is 394 g/mol. The molecule has 7 nitrogen and oxygen atoms in total. The van der Waals surface area contributed by atoms with Crippen molar-refractivity contribution < 1.29 is 23.9 Å². The van der Waals surface area contributed by atoms with Crippen molar-refractivity contribution >= 4 is 47.1 Å². The first-order chi connectivity index (χ1) is 12.4. The summed E-state index contributed by atoms with van der Waals surface area (Å²) in [5.74, 6) is -1.86. The van der Waals surface area contributed by atoms with Crippen molar-refractivity contribution in [3.8, 4) is 0 Å². The zero-order chi connectivity index (χ0) is 18.8. The summed E-state index contributed by atoms with van der Waals surface area (Å²) >= 11 is 7.40. The lowest BCUT2D eigenvalue weighted by Gasteiger charge is -2.46. The number of ether oxygens (including phenoxy) is 1. The van der Waals surface area contributed by atoms with Crippen LogP contribution in [0.4, 0.5) is 0 Å². The number of methoxy groups -OCH3 is 1. The van der Waals surface area contributed by atoms with Crippen LogP contribution in [0.5, 0.6) is 0 Å². The molecule has 3 aliphatic heterocycles. The van der Waals surface area contributed by atoms with E-state index in [0.717, 1.165) is 4.90 Å². The van der Waals surface area contributed by atoms with Crippen LogP contribution in [-0.4, -0.2) is 68.7 Å². The number of carbonyl (C=O) groups excluding carboxylic acids is 4. The van der Waals surface area contributed by atoms with Crippen molar-refractivity contribution in [1.82, 2.24) is 9.80 Å². The average Bonchev–Trinajstić information content (AvgIpc) is 3.07. The van der Waals surface area contributed by atoms with Gasteiger partial charge in [0.25, 0.3) is 17.7 Å². The van der Waals surface area contributed by atoms with Gasteiger partial charge in [-0.1, -0.05) is 12.1 Å². The van der Waals surface area contributed by atoms with Crippen molar-refractivity contribution in [3.63, 3.8) is 0 Å². The number of rotatable bonds is 3. The van der Waals surface area contributed by atoms with E-state index in [4.69, 9.17) is 16.3 Å². The predicted molar refractivity (Wildman–Crippen MR) is 93.9 cm³/mol. The van der Waals surface area contributed by atoms with Crippen molar-refractivity contribution in [2.45, 2.75) is 29.1 Å². The first kappa shape index (κ1) is 17.4. The van der Waals surface area contributed by atoms with Crippen LogP contribution < -0.4 is 0 Å². The van der Waals surface area contributed by atoms with E-state index in [1.165, 1.54) is 23.8 Å². The first-order valence-corrected chi connectivity index (χ1v) is 9.38. The smallest absolute Gasteiger partial charge is 0.330 e. The van der Waals surface area contributed by atoms with E-state index in [-0.39, 0.29) is 17.0 Å². The molecule has 0 aliphatic carbocycles. The summed E-state index contributed by atoms with van der Waals surface area (Å²) in [6, 6.07) is 4.69. The largest absolute Gasteiger partial charge is 0.467 e. The second kappa shape index (κ2) is 5.72. The maximum absolute atomic E-state index is 12.8. The number of β-lactam (4-membered cyclic amide) rings is 1. The van der Waals surface area contributed by atoms with Crippen molar-refractivity contribution in [1.29, 1.82) is 0 Å². The first-order valence-electron chi connectivity index (χ1n) is 7.96. The number of carbonyl (C=O) groups is 4. The molecule has 0 spiro atoms. The molecule has 0 N–H and O–H groups in total. The third-order valence-electron chi connectivity index (χ3n) is 5.09. The normalized spacial score (nSPS) is 32.4. The maximum atomic E-state index is 12.8. The molecular formula is C17H15ClN2O5S. The molecule has 4 atom stereocenters. The number of amides is 3. The lowest BCUT2D eigenvalue weighted by Crippen LogP contribution is -2.71. The second-order valence-electron chi connectivity index (χ2n) is 6.60. The Morgan fingerprint density at radius 1 is 1.23 bits per heavy atom. The van der Waals surface area contributed by atoms with Crippen LogP contribution in [0.1, 0.15) is 27.6 Å². The minimum atomic E-state index is -0.940. The highest BCUT2D eigenvalue weighted by Crippen LogP contribution is 2.53. The van der Waals surface area contributed by atoms with Crippen LogP contribution in [0.25, 0.3) is 0 Å². The lowest BCUT2D eigenvalue weighted by atomic mass is 9.95. The lowest BCUT2D eigenvalue weighted by molar-refractivity contribution is -0.164. The van der Waals surface area contributed by atoms with E-state index < -0.39 is 45.9 Å². The van der Waals surface area contributed by atoms with Gasteiger partial charge in [-0.15, -0.1) is 23.4 Å². The third-order valence-corrected chi connectivity index (χ3v) is 7.44. The number of halogens is 1. The molecule has 26 heavy (non-hydrogen) atoms. The van der Waals surface area contributed by atoms with E-state index >= 15 is 0 Å². The number of hydrogen-bond donors (Lipinski definition) is 0. The number of alkyl halides is 1. The van der Waals surface area contributed by atoms with E-state index in [2.05, 4.69) is 0 Å². The van der Waals surface area contributed by atoms with Crippen LogP contribution in [0, 0.1) is 0 Å². The topological polar surface area (TPSA) is 84.0 Å². The van der Waals surface area contributed by atoms with Crippen molar-refractivity contribution in [3.05, 3.63) is 35.4 Å². The Morgan fingerprint density at radius 3 is 2.31 bits per heavy atom. The summed E-state index contributed by atoms with van der Waals surface area (Å²) in [7, 11) is 1.25. The quantitative estimate of drug-likeness (QED) is 0.330. The Kier molecular flexibility index (Phi) is 3.82. The fraction of sp³-hybridized carbons (Fsp3) is 0.412. The number of imide groups is 1. The number of hydrogen-bond acceptors (Lipinski definition) is 6. The number of esters is 1. The van der Waals surface area contributed by atoms with E-state index in [1.807, 2.05) is 0 Å². The van der Waals surface area contributed by atoms with Crippen LogP contribution >= 0.6 is 23.4 Å². The molecule has 1 aromatic rings. The van der Waals surface area contributed by atoms with Gasteiger partial charge in [-0.25, -0.2) is 4.79 Å². The standard InChI is InChI=1S/C17H15ClN2O5S/c1-17(7-18)11(16(24)25-2)20-14(23)10(15(20)26-17)19-12(21)8-5-3-4-6-9(8)13(19)22/h3-6,10-11,15H,7H2,1-2H3/t10-,11+,15-,17+/m1/s1. The van der Waals surface area contributed by atoms with Crippen molar-refractivity contribution in [2.75, 3.05) is 13.0 Å². The highest BCUT2D eigenvalue weighted by atomic mass is 35.5. The van der Waals surface area contributed by atoms with Gasteiger partial charge >= 0.3 is 5.97 Å². The minimum absolute atomic E-state index is 0.118. The van der Waals surface area contributed by atoms with Gasteiger partial charge in [0.1, 0.15) is 17.5 Å². The summed E-state index contributed by atoms with van der Waals surface area (Å²) in [5, 5.41) is -0.516. The summed E-state index contributed by atoms with van der Waals surface area (Å²) in [5.41, 5.74) is 0.577. The van der Waals surface area contributed by atoms with Crippen LogP contribution in [0.2, 0.25) is 0 Å². The van der Waals surface area contributed by atoms with Gasteiger partial charge in [0.05, 0.1) is 23.0 Å². The number of fused-ring (bicyclic) bond motifs is 2. The van der Waals surface area contributed by atoms with Gasteiger partial charge in [0.2, 0.25) is 0 Å². The van der Waals surface area contributed by atoms with Gasteiger partial charge in [-0.2, -0.15) is 0 Å². The van der Waals surface area contributed by atoms with E-state index in [0.29, 0.717) is 0 Å². The van der Waals surface area contributed by atoms with Gasteiger partial charge < -0.3 is 9.64 Å². The molecule has 3 heterocycles. The summed E-state index contributed by atoms with van der Waals surface area (Å²) in [6.07, 6.45) is 0. The zero-order valence-electron chi connectivity index (χ0n) is 14.0. The fourth-order valence-electron chi connectivity index (χ4n) is 3.78. The average molecular weight is 395 g/mol. The predicted octanol–water partition coefficient (Wildman–Crippen LogP) is 1.11. The van der Waals surface area contributed by atoms with Crippen LogP contribution in [-0.2, 0) is 14.3 Å². The molecule has 0 bridgehead atoms. The van der Waals surface area contributed by atoms with Crippen molar-refractivity contribution in [2.24, 2.45) is 0 Å². The molecular weight excluding hydrogens is 380 g/mol. The van der Waals surface area contributed by atoms with Gasteiger partial charge in [-0.05, 0) is 19.1 Å². The molecule has 0 unspecified atom stereocenters. The molecule has 2 fully saturated rings. The maximum Gasteiger partial charge on any atom is 0.330 e. The molecule has 1 aromatic carbocycles. The molecule has 0 saturated carbocycles. The fourth-order valence-corrected chi connectivity index (χ4v) is 5.77. The molecule has 2 saturated heterocycles. The van der Waals surface area contributed by atoms with Gasteiger partial charge in [0.15, 0.2) is 0 Å². The Hall–Kier alpha value is -2.06. The molecule has 9 heteroatoms. The van der Waals surface area contributed by atoms with E-state index in [9.17, 15) is 19.2 Å². The summed E-state index contributed by atoms with van der Waals surface area (Å²) in [4.78, 5) is 52.8. The van der Waals surface area contributed by atoms with Crippen LogP contribution in [0.15, 0.2) is 24.3 Å². The minimum Gasteiger partial charge on any atom is -0.467 e. The third kappa shape index (κ3) is 2.02. The summed E-state index contributed by atoms with van der Waals surface area (Å²) in [6.45, 7) is 1.78. The summed E-state index contributed by atoms with van der Waals surface area (Å²) < 4.78 is 4.07. The van der Waals surface area contributed by atoms with Gasteiger partial charge in [0, 0.05) is 5.88 Å². The SMILES string of the molecule is COC(=O)[C@@H]1N2C(=O)[C@@H](N3C(=O)c4ccccc4C3=O)[C@H]2S[C@@]1(C)CCl. The Morgan fingerprint density at radius 2 is 1.81 bits per heavy atom. The highest BCUT2D eigenvalue weighted by molar-refractivity contribution is 8.01. The number of nitrogens with zero attached hydrogens (tertiary/aromatic N) is 2. The molecule has 0 aromatic heterocycles. The van der Waals surface area contributed by atoms with E-state index in [1.54, 1.807) is 31.2 Å². The zero-order valence-corrected chi connectivity index (χ0v) is 15.5. The second-order valence-corrected chi connectivity index (χ2v) is 8.52. The molecule has 4 rings (SSSR count).